The highest BCUT2D eigenvalue weighted by Crippen LogP contribution is 2.28. The molecule has 2 amide bonds. The number of benzene rings is 1. The number of nitrogens with one attached hydrogen (secondary N) is 1. The molecule has 1 saturated heterocycles. The molecular formula is C16H15F3N4O. The summed E-state index contributed by atoms with van der Waals surface area (Å²) in [4.78, 5) is 17.3. The van der Waals surface area contributed by atoms with Gasteiger partial charge in [0.15, 0.2) is 5.82 Å². The van der Waals surface area contributed by atoms with E-state index in [9.17, 15) is 18.0 Å². The second-order valence-corrected chi connectivity index (χ2v) is 5.60. The van der Waals surface area contributed by atoms with Gasteiger partial charge in [0.25, 0.3) is 5.92 Å². The summed E-state index contributed by atoms with van der Waals surface area (Å²) in [5, 5.41) is 2.45. The monoisotopic (exact) mass is 336 g/mol. The summed E-state index contributed by atoms with van der Waals surface area (Å²) >= 11 is 0. The third-order valence-electron chi connectivity index (χ3n) is 3.75. The Balaban J connectivity index is 1.79. The Morgan fingerprint density at radius 1 is 1.21 bits per heavy atom. The number of likely N-dealkylation sites (tertiary alicyclic amines) is 1. The number of nitrogens with zero attached hydrogens (tertiary/aromatic N) is 2. The zero-order valence-electron chi connectivity index (χ0n) is 12.6. The average Bonchev–Trinajstić information content (AvgIpc) is 2.90. The predicted octanol–water partition coefficient (Wildman–Crippen LogP) is 3.34. The maximum absolute atomic E-state index is 13.2. The second kappa shape index (κ2) is 6.03. The van der Waals surface area contributed by atoms with Gasteiger partial charge < -0.3 is 10.6 Å². The molecule has 2 aromatic rings. The molecule has 0 saturated carbocycles. The fraction of sp³-hybridized carbons (Fsp3) is 0.250. The number of hydrogen-bond donors (Lipinski definition) is 2. The van der Waals surface area contributed by atoms with Gasteiger partial charge in [-0.3, -0.25) is 5.32 Å². The third kappa shape index (κ3) is 3.42. The number of halogens is 3. The molecule has 1 aromatic carbocycles. The Morgan fingerprint density at radius 3 is 2.54 bits per heavy atom. The van der Waals surface area contributed by atoms with Crippen LogP contribution >= 0.6 is 0 Å². The molecule has 8 heteroatoms. The van der Waals surface area contributed by atoms with E-state index in [-0.39, 0.29) is 30.3 Å². The van der Waals surface area contributed by atoms with Crippen molar-refractivity contribution in [1.82, 2.24) is 9.88 Å². The van der Waals surface area contributed by atoms with Gasteiger partial charge in [-0.2, -0.15) is 0 Å². The maximum atomic E-state index is 13.2. The highest BCUT2D eigenvalue weighted by Gasteiger charge is 2.40. The van der Waals surface area contributed by atoms with Crippen molar-refractivity contribution in [1.29, 1.82) is 0 Å². The summed E-state index contributed by atoms with van der Waals surface area (Å²) in [6.45, 7) is -0.660. The topological polar surface area (TPSA) is 71.2 Å². The third-order valence-corrected chi connectivity index (χ3v) is 3.75. The molecule has 0 atom stereocenters. The summed E-state index contributed by atoms with van der Waals surface area (Å²) in [5.74, 6) is -3.17. The van der Waals surface area contributed by atoms with E-state index in [1.807, 2.05) is 0 Å². The molecule has 1 fully saturated rings. The summed E-state index contributed by atoms with van der Waals surface area (Å²) in [6.07, 6.45) is -0.362. The van der Waals surface area contributed by atoms with Crippen LogP contribution in [0.5, 0.6) is 0 Å². The lowest BCUT2D eigenvalue weighted by atomic mass is 10.1. The number of carbonyl (C=O) groups excluding carboxylic acids is 1. The van der Waals surface area contributed by atoms with Crippen molar-refractivity contribution in [2.45, 2.75) is 12.3 Å². The van der Waals surface area contributed by atoms with E-state index in [1.54, 1.807) is 24.3 Å². The minimum absolute atomic E-state index is 0.0314. The summed E-state index contributed by atoms with van der Waals surface area (Å²) < 4.78 is 39.4. The molecule has 1 aromatic heterocycles. The van der Waals surface area contributed by atoms with E-state index in [1.165, 1.54) is 12.1 Å². The van der Waals surface area contributed by atoms with Crippen LogP contribution in [0, 0.1) is 5.82 Å². The standard InChI is InChI=1S/C16H15F3N4O/c17-11-3-1-10(2-4-11)13-6-5-12(20)14(21-13)22-15(24)23-8-7-16(18,19)9-23/h1-6H,7-9,20H2,(H,21,22,24). The quantitative estimate of drug-likeness (QED) is 0.883. The number of rotatable bonds is 2. The number of anilines is 2. The Bertz CT molecular complexity index is 764. The molecule has 0 unspecified atom stereocenters. The van der Waals surface area contributed by atoms with Crippen LogP contribution in [0.2, 0.25) is 0 Å². The zero-order chi connectivity index (χ0) is 17.3. The molecule has 0 aliphatic carbocycles. The molecule has 1 aliphatic heterocycles. The summed E-state index contributed by atoms with van der Waals surface area (Å²) in [6, 6.07) is 8.15. The molecule has 2 heterocycles. The van der Waals surface area contributed by atoms with E-state index in [0.29, 0.717) is 11.3 Å². The Hall–Kier alpha value is -2.77. The molecule has 0 bridgehead atoms. The first-order chi connectivity index (χ1) is 11.3. The zero-order valence-corrected chi connectivity index (χ0v) is 12.6. The fourth-order valence-corrected chi connectivity index (χ4v) is 2.44. The lowest BCUT2D eigenvalue weighted by molar-refractivity contribution is 0.0159. The van der Waals surface area contributed by atoms with Crippen molar-refractivity contribution in [2.75, 3.05) is 24.1 Å². The minimum atomic E-state index is -2.87. The minimum Gasteiger partial charge on any atom is -0.396 e. The highest BCUT2D eigenvalue weighted by atomic mass is 19.3. The van der Waals surface area contributed by atoms with Crippen molar-refractivity contribution in [3.63, 3.8) is 0 Å². The molecule has 3 rings (SSSR count). The van der Waals surface area contributed by atoms with Gasteiger partial charge in [0.05, 0.1) is 17.9 Å². The summed E-state index contributed by atoms with van der Waals surface area (Å²) in [5.41, 5.74) is 7.11. The molecule has 5 nitrogen and oxygen atoms in total. The first-order valence-electron chi connectivity index (χ1n) is 7.30. The lowest BCUT2D eigenvalue weighted by Gasteiger charge is -2.17. The van der Waals surface area contributed by atoms with Crippen LogP contribution in [0.4, 0.5) is 29.5 Å². The van der Waals surface area contributed by atoms with Gasteiger partial charge in [-0.25, -0.2) is 22.9 Å². The van der Waals surface area contributed by atoms with Gasteiger partial charge in [-0.1, -0.05) is 0 Å². The number of nitrogens with two attached hydrogens (primary N) is 1. The van der Waals surface area contributed by atoms with Gasteiger partial charge in [0, 0.05) is 18.5 Å². The number of alkyl halides is 2. The van der Waals surface area contributed by atoms with Gasteiger partial charge in [-0.05, 0) is 36.4 Å². The smallest absolute Gasteiger partial charge is 0.323 e. The Kier molecular flexibility index (Phi) is 4.04. The second-order valence-electron chi connectivity index (χ2n) is 5.60. The van der Waals surface area contributed by atoms with E-state index in [2.05, 4.69) is 10.3 Å². The van der Waals surface area contributed by atoms with Gasteiger partial charge in [0.2, 0.25) is 0 Å². The van der Waals surface area contributed by atoms with Crippen molar-refractivity contribution >= 4 is 17.5 Å². The maximum Gasteiger partial charge on any atom is 0.323 e. The summed E-state index contributed by atoms with van der Waals surface area (Å²) in [7, 11) is 0. The van der Waals surface area contributed by atoms with Crippen LogP contribution < -0.4 is 11.1 Å². The molecule has 0 radical (unpaired) electrons. The number of carbonyl (C=O) groups is 1. The first-order valence-corrected chi connectivity index (χ1v) is 7.30. The number of aromatic nitrogens is 1. The average molecular weight is 336 g/mol. The van der Waals surface area contributed by atoms with Crippen LogP contribution in [0.1, 0.15) is 6.42 Å². The van der Waals surface area contributed by atoms with Crippen LogP contribution in [-0.2, 0) is 0 Å². The molecule has 24 heavy (non-hydrogen) atoms. The molecule has 3 N–H and O–H groups in total. The van der Waals surface area contributed by atoms with Gasteiger partial charge in [0.1, 0.15) is 5.82 Å². The number of amides is 2. The normalized spacial score (nSPS) is 16.2. The Labute approximate surface area is 136 Å². The van der Waals surface area contributed by atoms with E-state index < -0.39 is 18.5 Å². The molecule has 126 valence electrons. The lowest BCUT2D eigenvalue weighted by Crippen LogP contribution is -2.35. The molecular weight excluding hydrogens is 321 g/mol. The molecule has 0 spiro atoms. The van der Waals surface area contributed by atoms with Crippen LogP contribution in [-0.4, -0.2) is 34.9 Å². The van der Waals surface area contributed by atoms with E-state index in [0.717, 1.165) is 4.90 Å². The van der Waals surface area contributed by atoms with E-state index in [4.69, 9.17) is 5.73 Å². The number of nitrogen functional groups attached to an aromatic ring is 1. The Morgan fingerprint density at radius 2 is 1.92 bits per heavy atom. The number of hydrogen-bond acceptors (Lipinski definition) is 3. The number of urea groups is 1. The highest BCUT2D eigenvalue weighted by molar-refractivity contribution is 5.92. The van der Waals surface area contributed by atoms with Gasteiger partial charge in [-0.15, -0.1) is 0 Å². The van der Waals surface area contributed by atoms with E-state index >= 15 is 0 Å². The van der Waals surface area contributed by atoms with Crippen molar-refractivity contribution in [2.24, 2.45) is 0 Å². The SMILES string of the molecule is Nc1ccc(-c2ccc(F)cc2)nc1NC(=O)N1CCC(F)(F)C1. The van der Waals surface area contributed by atoms with Crippen LogP contribution in [0.15, 0.2) is 36.4 Å². The predicted molar refractivity (Wildman–Crippen MR) is 84.2 cm³/mol. The van der Waals surface area contributed by atoms with Crippen molar-refractivity contribution < 1.29 is 18.0 Å². The van der Waals surface area contributed by atoms with Crippen LogP contribution in [0.3, 0.4) is 0 Å². The first kappa shape index (κ1) is 16.1. The van der Waals surface area contributed by atoms with Crippen molar-refractivity contribution in [3.05, 3.63) is 42.2 Å². The fourth-order valence-electron chi connectivity index (χ4n) is 2.44. The van der Waals surface area contributed by atoms with Crippen molar-refractivity contribution in [3.8, 4) is 11.3 Å². The van der Waals surface area contributed by atoms with Crippen LogP contribution in [0.25, 0.3) is 11.3 Å². The van der Waals surface area contributed by atoms with Gasteiger partial charge >= 0.3 is 6.03 Å². The number of pyridine rings is 1. The molecule has 1 aliphatic rings. The largest absolute Gasteiger partial charge is 0.396 e.